The maximum atomic E-state index is 13.9. The second kappa shape index (κ2) is 5.38. The van der Waals surface area contributed by atoms with Crippen LogP contribution in [0.1, 0.15) is 35.2 Å². The summed E-state index contributed by atoms with van der Waals surface area (Å²) in [6.07, 6.45) is 1.95. The molecule has 0 aromatic heterocycles. The van der Waals surface area contributed by atoms with Crippen LogP contribution in [0.4, 0.5) is 4.39 Å². The Morgan fingerprint density at radius 3 is 2.79 bits per heavy atom. The van der Waals surface area contributed by atoms with E-state index in [2.05, 4.69) is 0 Å². The van der Waals surface area contributed by atoms with Crippen LogP contribution < -0.4 is 0 Å². The number of aliphatic carboxylic acids is 1. The lowest BCUT2D eigenvalue weighted by Crippen LogP contribution is -2.48. The number of carboxylic acid groups (broad SMARTS) is 1. The molecule has 1 aromatic rings. The van der Waals surface area contributed by atoms with Gasteiger partial charge in [-0.25, -0.2) is 9.18 Å². The fraction of sp³-hybridized carbons (Fsp3) is 0.429. The zero-order valence-electron chi connectivity index (χ0n) is 10.7. The minimum atomic E-state index is -1.03. The van der Waals surface area contributed by atoms with E-state index in [0.717, 1.165) is 12.8 Å². The van der Waals surface area contributed by atoms with Crippen LogP contribution in [0.3, 0.4) is 0 Å². The van der Waals surface area contributed by atoms with Crippen molar-refractivity contribution in [3.63, 3.8) is 0 Å². The summed E-state index contributed by atoms with van der Waals surface area (Å²) < 4.78 is 13.9. The van der Waals surface area contributed by atoms with E-state index in [4.69, 9.17) is 5.11 Å². The van der Waals surface area contributed by atoms with E-state index in [-0.39, 0.29) is 5.56 Å². The van der Waals surface area contributed by atoms with Crippen LogP contribution in [-0.4, -0.2) is 34.5 Å². The molecule has 0 aliphatic carbocycles. The Balaban J connectivity index is 2.31. The Hall–Kier alpha value is -1.91. The number of halogens is 1. The first kappa shape index (κ1) is 13.5. The molecule has 1 aromatic carbocycles. The molecule has 1 aliphatic heterocycles. The fourth-order valence-corrected chi connectivity index (χ4v) is 2.40. The Morgan fingerprint density at radius 2 is 2.11 bits per heavy atom. The summed E-state index contributed by atoms with van der Waals surface area (Å²) in [5, 5.41) is 9.14. The highest BCUT2D eigenvalue weighted by atomic mass is 19.1. The zero-order chi connectivity index (χ0) is 14.0. The Morgan fingerprint density at radius 1 is 1.37 bits per heavy atom. The number of hydrogen-bond donors (Lipinski definition) is 1. The molecule has 0 spiro atoms. The third-order valence-corrected chi connectivity index (χ3v) is 3.47. The lowest BCUT2D eigenvalue weighted by molar-refractivity contribution is -0.143. The molecule has 1 amide bonds. The third-order valence-electron chi connectivity index (χ3n) is 3.47. The van der Waals surface area contributed by atoms with E-state index < -0.39 is 23.7 Å². The highest BCUT2D eigenvalue weighted by molar-refractivity contribution is 5.97. The second-order valence-electron chi connectivity index (χ2n) is 4.78. The molecular weight excluding hydrogens is 249 g/mol. The summed E-state index contributed by atoms with van der Waals surface area (Å²) in [4.78, 5) is 24.7. The number of aryl methyl sites for hydroxylation is 1. The van der Waals surface area contributed by atoms with Crippen molar-refractivity contribution in [2.24, 2.45) is 0 Å². The van der Waals surface area contributed by atoms with Crippen LogP contribution in [0.25, 0.3) is 0 Å². The number of piperidine rings is 1. The van der Waals surface area contributed by atoms with Gasteiger partial charge in [-0.05, 0) is 37.8 Å². The first-order chi connectivity index (χ1) is 9.02. The summed E-state index contributed by atoms with van der Waals surface area (Å²) in [6, 6.07) is 3.74. The number of amides is 1. The number of likely N-dealkylation sites (tertiary alicyclic amines) is 1. The van der Waals surface area contributed by atoms with Crippen LogP contribution in [0.5, 0.6) is 0 Å². The van der Waals surface area contributed by atoms with Crippen LogP contribution in [0.2, 0.25) is 0 Å². The van der Waals surface area contributed by atoms with Crippen LogP contribution in [0, 0.1) is 12.7 Å². The van der Waals surface area contributed by atoms with Gasteiger partial charge in [0.25, 0.3) is 5.91 Å². The molecule has 1 heterocycles. The van der Waals surface area contributed by atoms with Crippen molar-refractivity contribution in [2.45, 2.75) is 32.2 Å². The molecule has 5 heteroatoms. The number of carbonyl (C=O) groups excluding carboxylic acids is 1. The third kappa shape index (κ3) is 2.59. The standard InChI is InChI=1S/C14H16FNO3/c1-9-5-4-6-10(12(9)15)13(17)16-8-3-2-7-11(16)14(18)19/h4-6,11H,2-3,7-8H2,1H3,(H,18,19). The van der Waals surface area contributed by atoms with E-state index in [1.54, 1.807) is 19.1 Å². The minimum absolute atomic E-state index is 0.0480. The summed E-state index contributed by atoms with van der Waals surface area (Å²) >= 11 is 0. The average Bonchev–Trinajstić information content (AvgIpc) is 2.41. The summed E-state index contributed by atoms with van der Waals surface area (Å²) in [5.74, 6) is -2.13. The molecule has 1 N–H and O–H groups in total. The predicted octanol–water partition coefficient (Wildman–Crippen LogP) is 2.21. The SMILES string of the molecule is Cc1cccc(C(=O)N2CCCCC2C(=O)O)c1F. The number of benzene rings is 1. The molecule has 1 unspecified atom stereocenters. The fourth-order valence-electron chi connectivity index (χ4n) is 2.40. The molecule has 0 radical (unpaired) electrons. The number of carboxylic acids is 1. The van der Waals surface area contributed by atoms with E-state index in [9.17, 15) is 14.0 Å². The normalized spacial score (nSPS) is 19.3. The first-order valence-electron chi connectivity index (χ1n) is 6.31. The molecule has 1 atom stereocenters. The summed E-state index contributed by atoms with van der Waals surface area (Å²) in [7, 11) is 0. The maximum absolute atomic E-state index is 13.9. The van der Waals surface area contributed by atoms with Gasteiger partial charge < -0.3 is 10.0 Å². The van der Waals surface area contributed by atoms with Gasteiger partial charge in [0.05, 0.1) is 5.56 Å². The van der Waals surface area contributed by atoms with Crippen molar-refractivity contribution in [3.05, 3.63) is 35.1 Å². The van der Waals surface area contributed by atoms with Crippen molar-refractivity contribution in [1.82, 2.24) is 4.90 Å². The topological polar surface area (TPSA) is 57.6 Å². The van der Waals surface area contributed by atoms with E-state index >= 15 is 0 Å². The molecular formula is C14H16FNO3. The number of carbonyl (C=O) groups is 2. The monoisotopic (exact) mass is 265 g/mol. The maximum Gasteiger partial charge on any atom is 0.326 e. The predicted molar refractivity (Wildman–Crippen MR) is 67.4 cm³/mol. The van der Waals surface area contributed by atoms with Gasteiger partial charge in [-0.2, -0.15) is 0 Å². The lowest BCUT2D eigenvalue weighted by Gasteiger charge is -2.33. The van der Waals surface area contributed by atoms with Gasteiger partial charge in [-0.1, -0.05) is 12.1 Å². The van der Waals surface area contributed by atoms with Crippen LogP contribution >= 0.6 is 0 Å². The van der Waals surface area contributed by atoms with E-state index in [0.29, 0.717) is 18.5 Å². The molecule has 0 saturated carbocycles. The largest absolute Gasteiger partial charge is 0.480 e. The second-order valence-corrected chi connectivity index (χ2v) is 4.78. The smallest absolute Gasteiger partial charge is 0.326 e. The molecule has 1 fully saturated rings. The van der Waals surface area contributed by atoms with Gasteiger partial charge in [0.1, 0.15) is 11.9 Å². The molecule has 1 aliphatic rings. The first-order valence-corrected chi connectivity index (χ1v) is 6.31. The Bertz CT molecular complexity index is 515. The number of rotatable bonds is 2. The number of nitrogens with zero attached hydrogens (tertiary/aromatic N) is 1. The Labute approximate surface area is 110 Å². The Kier molecular flexibility index (Phi) is 3.83. The van der Waals surface area contributed by atoms with Crippen molar-refractivity contribution in [1.29, 1.82) is 0 Å². The number of hydrogen-bond acceptors (Lipinski definition) is 2. The molecule has 2 rings (SSSR count). The van der Waals surface area contributed by atoms with E-state index in [1.165, 1.54) is 11.0 Å². The summed E-state index contributed by atoms with van der Waals surface area (Å²) in [6.45, 7) is 1.94. The van der Waals surface area contributed by atoms with Gasteiger partial charge >= 0.3 is 5.97 Å². The lowest BCUT2D eigenvalue weighted by atomic mass is 10.00. The highest BCUT2D eigenvalue weighted by Crippen LogP contribution is 2.22. The molecule has 4 nitrogen and oxygen atoms in total. The van der Waals surface area contributed by atoms with Gasteiger partial charge in [-0.3, -0.25) is 4.79 Å². The summed E-state index contributed by atoms with van der Waals surface area (Å²) in [5.41, 5.74) is 0.336. The van der Waals surface area contributed by atoms with Gasteiger partial charge in [0, 0.05) is 6.54 Å². The highest BCUT2D eigenvalue weighted by Gasteiger charge is 2.33. The van der Waals surface area contributed by atoms with Gasteiger partial charge in [-0.15, -0.1) is 0 Å². The van der Waals surface area contributed by atoms with Gasteiger partial charge in [0.2, 0.25) is 0 Å². The molecule has 0 bridgehead atoms. The average molecular weight is 265 g/mol. The molecule has 102 valence electrons. The quantitative estimate of drug-likeness (QED) is 0.892. The molecule has 19 heavy (non-hydrogen) atoms. The van der Waals surface area contributed by atoms with Crippen LogP contribution in [0.15, 0.2) is 18.2 Å². The van der Waals surface area contributed by atoms with Crippen molar-refractivity contribution >= 4 is 11.9 Å². The molecule has 1 saturated heterocycles. The van der Waals surface area contributed by atoms with Crippen molar-refractivity contribution in [2.75, 3.05) is 6.54 Å². The minimum Gasteiger partial charge on any atom is -0.480 e. The zero-order valence-corrected chi connectivity index (χ0v) is 10.7. The van der Waals surface area contributed by atoms with E-state index in [1.807, 2.05) is 0 Å². The van der Waals surface area contributed by atoms with Crippen molar-refractivity contribution in [3.8, 4) is 0 Å². The van der Waals surface area contributed by atoms with Gasteiger partial charge in [0.15, 0.2) is 0 Å². The van der Waals surface area contributed by atoms with Crippen molar-refractivity contribution < 1.29 is 19.1 Å². The van der Waals surface area contributed by atoms with Crippen LogP contribution in [-0.2, 0) is 4.79 Å².